The zero-order valence-corrected chi connectivity index (χ0v) is 19.5. The highest BCUT2D eigenvalue weighted by atomic mass is 19.4. The molecule has 35 heavy (non-hydrogen) atoms. The van der Waals surface area contributed by atoms with E-state index in [9.17, 15) is 27.2 Å². The molecule has 3 saturated heterocycles. The SMILES string of the molecule is C=C(O)C(F)(F)F.O=C1CCC(c2ccc(N3CCN(CC4CCNCC4)CC3)c(F)c2)C(=O)N1. The van der Waals surface area contributed by atoms with Gasteiger partial charge in [0.25, 0.3) is 0 Å². The fourth-order valence-corrected chi connectivity index (χ4v) is 4.61. The molecule has 1 atom stereocenters. The van der Waals surface area contributed by atoms with Crippen molar-refractivity contribution in [3.63, 3.8) is 0 Å². The van der Waals surface area contributed by atoms with Crippen LogP contribution in [0, 0.1) is 11.7 Å². The average Bonchev–Trinajstić information content (AvgIpc) is 2.80. The number of hydrogen-bond acceptors (Lipinski definition) is 6. The number of nitrogens with one attached hydrogen (secondary N) is 2. The van der Waals surface area contributed by atoms with Crippen molar-refractivity contribution in [3.05, 3.63) is 41.9 Å². The Hall–Kier alpha value is -2.66. The maximum Gasteiger partial charge on any atom is 0.448 e. The summed E-state index contributed by atoms with van der Waals surface area (Å²) in [7, 11) is 0. The highest BCUT2D eigenvalue weighted by Crippen LogP contribution is 2.29. The third kappa shape index (κ3) is 7.66. The van der Waals surface area contributed by atoms with Crippen molar-refractivity contribution in [3.8, 4) is 0 Å². The van der Waals surface area contributed by atoms with Crippen molar-refractivity contribution in [2.45, 2.75) is 37.8 Å². The number of halogens is 4. The summed E-state index contributed by atoms with van der Waals surface area (Å²) in [6.45, 7) is 9.19. The number of aliphatic hydroxyl groups excluding tert-OH is 1. The minimum Gasteiger partial charge on any atom is -0.505 e. The van der Waals surface area contributed by atoms with Crippen molar-refractivity contribution in [2.75, 3.05) is 50.7 Å². The van der Waals surface area contributed by atoms with Gasteiger partial charge in [0.2, 0.25) is 11.8 Å². The van der Waals surface area contributed by atoms with E-state index in [0.717, 1.165) is 51.7 Å². The van der Waals surface area contributed by atoms with Gasteiger partial charge in [0.1, 0.15) is 5.82 Å². The van der Waals surface area contributed by atoms with E-state index < -0.39 is 17.9 Å². The normalized spacial score (nSPS) is 22.3. The van der Waals surface area contributed by atoms with Crippen LogP contribution in [-0.2, 0) is 9.59 Å². The van der Waals surface area contributed by atoms with Gasteiger partial charge in [0, 0.05) is 39.1 Å². The van der Waals surface area contributed by atoms with Crippen molar-refractivity contribution in [1.82, 2.24) is 15.5 Å². The molecule has 1 unspecified atom stereocenters. The summed E-state index contributed by atoms with van der Waals surface area (Å²) in [6.07, 6.45) is -1.40. The van der Waals surface area contributed by atoms with Gasteiger partial charge in [0.15, 0.2) is 5.76 Å². The molecule has 3 aliphatic rings. The molecule has 4 rings (SSSR count). The van der Waals surface area contributed by atoms with E-state index in [1.54, 1.807) is 6.07 Å². The fourth-order valence-electron chi connectivity index (χ4n) is 4.61. The molecule has 3 N–H and O–H groups in total. The second kappa shape index (κ2) is 11.9. The van der Waals surface area contributed by atoms with Crippen LogP contribution in [0.4, 0.5) is 23.2 Å². The minimum absolute atomic E-state index is 0.249. The van der Waals surface area contributed by atoms with Crippen LogP contribution in [0.5, 0.6) is 0 Å². The summed E-state index contributed by atoms with van der Waals surface area (Å²) in [5.74, 6) is -2.28. The van der Waals surface area contributed by atoms with E-state index in [2.05, 4.69) is 27.0 Å². The van der Waals surface area contributed by atoms with Gasteiger partial charge in [-0.2, -0.15) is 13.2 Å². The van der Waals surface area contributed by atoms with Crippen LogP contribution in [0.3, 0.4) is 0 Å². The van der Waals surface area contributed by atoms with Crippen molar-refractivity contribution in [1.29, 1.82) is 0 Å². The number of piperidine rings is 2. The monoisotopic (exact) mass is 500 g/mol. The highest BCUT2D eigenvalue weighted by Gasteiger charge is 2.31. The molecule has 3 fully saturated rings. The number of amides is 2. The number of nitrogens with zero attached hydrogens (tertiary/aromatic N) is 2. The van der Waals surface area contributed by atoms with Crippen molar-refractivity contribution >= 4 is 17.5 Å². The molecule has 1 aromatic rings. The minimum atomic E-state index is -4.64. The number of benzene rings is 1. The molecule has 11 heteroatoms. The molecule has 0 aromatic heterocycles. The third-order valence-corrected chi connectivity index (χ3v) is 6.63. The lowest BCUT2D eigenvalue weighted by atomic mass is 9.90. The first kappa shape index (κ1) is 26.9. The quantitative estimate of drug-likeness (QED) is 0.335. The maximum atomic E-state index is 14.8. The van der Waals surface area contributed by atoms with Crippen LogP contribution in [0.25, 0.3) is 0 Å². The van der Waals surface area contributed by atoms with E-state index in [0.29, 0.717) is 24.1 Å². The molecule has 3 heterocycles. The van der Waals surface area contributed by atoms with Crippen LogP contribution < -0.4 is 15.5 Å². The van der Waals surface area contributed by atoms with Crippen molar-refractivity contribution in [2.24, 2.45) is 5.92 Å². The van der Waals surface area contributed by atoms with Crippen LogP contribution in [-0.4, -0.2) is 73.8 Å². The van der Waals surface area contributed by atoms with Gasteiger partial charge in [0.05, 0.1) is 11.6 Å². The molecule has 0 aliphatic carbocycles. The predicted octanol–water partition coefficient (Wildman–Crippen LogP) is 3.09. The van der Waals surface area contributed by atoms with Crippen LogP contribution in [0.15, 0.2) is 30.5 Å². The van der Waals surface area contributed by atoms with Gasteiger partial charge < -0.3 is 15.3 Å². The Morgan fingerprint density at radius 3 is 2.26 bits per heavy atom. The summed E-state index contributed by atoms with van der Waals surface area (Å²) < 4.78 is 47.3. The lowest BCUT2D eigenvalue weighted by molar-refractivity contribution is -0.134. The Morgan fingerprint density at radius 2 is 1.71 bits per heavy atom. The van der Waals surface area contributed by atoms with Gasteiger partial charge in [-0.15, -0.1) is 0 Å². The Morgan fingerprint density at radius 1 is 1.09 bits per heavy atom. The Balaban J connectivity index is 0.000000429. The molecule has 1 aromatic carbocycles. The van der Waals surface area contributed by atoms with Crippen LogP contribution in [0.1, 0.15) is 37.2 Å². The predicted molar refractivity (Wildman–Crippen MR) is 124 cm³/mol. The van der Waals surface area contributed by atoms with Gasteiger partial charge >= 0.3 is 6.18 Å². The molecule has 7 nitrogen and oxygen atoms in total. The Kier molecular flexibility index (Phi) is 9.12. The topological polar surface area (TPSA) is 84.9 Å². The smallest absolute Gasteiger partial charge is 0.448 e. The molecular formula is C24H32F4N4O3. The zero-order chi connectivity index (χ0) is 25.6. The second-order valence-corrected chi connectivity index (χ2v) is 9.14. The zero-order valence-electron chi connectivity index (χ0n) is 19.5. The number of aliphatic hydroxyl groups is 1. The van der Waals surface area contributed by atoms with E-state index >= 15 is 0 Å². The molecule has 3 aliphatic heterocycles. The first-order valence-corrected chi connectivity index (χ1v) is 11.8. The molecule has 0 saturated carbocycles. The van der Waals surface area contributed by atoms with E-state index in [1.807, 2.05) is 6.07 Å². The fraction of sp³-hybridized carbons (Fsp3) is 0.583. The molecule has 2 amide bonds. The van der Waals surface area contributed by atoms with Crippen LogP contribution in [0.2, 0.25) is 0 Å². The number of imide groups is 1. The summed E-state index contributed by atoms with van der Waals surface area (Å²) in [4.78, 5) is 27.9. The van der Waals surface area contributed by atoms with E-state index in [4.69, 9.17) is 5.11 Å². The maximum absolute atomic E-state index is 14.8. The average molecular weight is 501 g/mol. The first-order chi connectivity index (χ1) is 16.5. The van der Waals surface area contributed by atoms with Gasteiger partial charge in [-0.1, -0.05) is 12.6 Å². The standard InChI is InChI=1S/C21H29FN4O2.C3H3F3O/c22-18-13-16(17-2-4-20(27)24-21(17)28)1-3-19(18)26-11-9-25(10-12-26)14-15-5-7-23-8-6-15;1-2(7)3(4,5)6/h1,3,13,15,17,23H,2,4-12,14H2,(H,24,27,28);7H,1H2. The highest BCUT2D eigenvalue weighted by molar-refractivity contribution is 6.00. The summed E-state index contributed by atoms with van der Waals surface area (Å²) >= 11 is 0. The Labute approximate surface area is 202 Å². The number of hydrogen-bond donors (Lipinski definition) is 3. The van der Waals surface area contributed by atoms with Gasteiger partial charge in [-0.05, 0) is 56.0 Å². The molecule has 0 spiro atoms. The van der Waals surface area contributed by atoms with Gasteiger partial charge in [-0.25, -0.2) is 4.39 Å². The summed E-state index contributed by atoms with van der Waals surface area (Å²) in [6, 6.07) is 5.09. The third-order valence-electron chi connectivity index (χ3n) is 6.63. The summed E-state index contributed by atoms with van der Waals surface area (Å²) in [5.41, 5.74) is 1.26. The van der Waals surface area contributed by atoms with Crippen LogP contribution >= 0.6 is 0 Å². The summed E-state index contributed by atoms with van der Waals surface area (Å²) in [5, 5.41) is 13.3. The number of alkyl halides is 3. The largest absolute Gasteiger partial charge is 0.505 e. The molecule has 0 radical (unpaired) electrons. The number of anilines is 1. The number of carbonyl (C=O) groups excluding carboxylic acids is 2. The lowest BCUT2D eigenvalue weighted by Gasteiger charge is -2.38. The van der Waals surface area contributed by atoms with Crippen molar-refractivity contribution < 1.29 is 32.3 Å². The molecule has 194 valence electrons. The van der Waals surface area contributed by atoms with Gasteiger partial charge in [-0.3, -0.25) is 19.8 Å². The van der Waals surface area contributed by atoms with E-state index in [1.165, 1.54) is 18.9 Å². The van der Waals surface area contributed by atoms with E-state index in [-0.39, 0.29) is 17.6 Å². The lowest BCUT2D eigenvalue weighted by Crippen LogP contribution is -2.48. The second-order valence-electron chi connectivity index (χ2n) is 9.14. The number of allylic oxidation sites excluding steroid dienone is 1. The number of rotatable bonds is 4. The molecule has 0 bridgehead atoms. The number of carbonyl (C=O) groups is 2. The first-order valence-electron chi connectivity index (χ1n) is 11.8. The molecular weight excluding hydrogens is 468 g/mol. The Bertz CT molecular complexity index is 911. The number of piperazine rings is 1.